The number of nitrogens with zero attached hydrogens (tertiary/aromatic N) is 1. The monoisotopic (exact) mass is 315 g/mol. The minimum atomic E-state index is -0.294. The van der Waals surface area contributed by atoms with E-state index in [9.17, 15) is 9.18 Å². The van der Waals surface area contributed by atoms with Gasteiger partial charge in [0.2, 0.25) is 5.91 Å². The average Bonchev–Trinajstić information content (AvgIpc) is 2.82. The standard InChI is InChI=1S/C15H22FN3O.ClH/c1-11-5-6-12(8-14(11)16)18-15(20)10-19-7-3-4-13(19)9-17-2;/h5-6,8,13,17H,3-4,7,9-10H2,1-2H3,(H,18,20);1H. The minimum absolute atomic E-state index is 0. The van der Waals surface area contributed by atoms with Crippen molar-refractivity contribution in [2.24, 2.45) is 0 Å². The van der Waals surface area contributed by atoms with Crippen LogP contribution in [0.5, 0.6) is 0 Å². The van der Waals surface area contributed by atoms with Gasteiger partial charge in [0.25, 0.3) is 0 Å². The molecule has 1 atom stereocenters. The summed E-state index contributed by atoms with van der Waals surface area (Å²) < 4.78 is 13.4. The fourth-order valence-electron chi connectivity index (χ4n) is 2.63. The molecule has 1 saturated heterocycles. The number of halogens is 2. The number of amides is 1. The van der Waals surface area contributed by atoms with Crippen molar-refractivity contribution in [3.05, 3.63) is 29.6 Å². The lowest BCUT2D eigenvalue weighted by atomic mass is 10.2. The van der Waals surface area contributed by atoms with Gasteiger partial charge in [-0.05, 0) is 51.1 Å². The van der Waals surface area contributed by atoms with Gasteiger partial charge in [-0.3, -0.25) is 9.69 Å². The Morgan fingerprint density at radius 1 is 1.48 bits per heavy atom. The maximum atomic E-state index is 13.4. The van der Waals surface area contributed by atoms with Crippen LogP contribution < -0.4 is 10.6 Å². The fraction of sp³-hybridized carbons (Fsp3) is 0.533. The van der Waals surface area contributed by atoms with Gasteiger partial charge in [0.05, 0.1) is 6.54 Å². The molecular weight excluding hydrogens is 293 g/mol. The topological polar surface area (TPSA) is 44.4 Å². The number of anilines is 1. The predicted octanol–water partition coefficient (Wildman–Crippen LogP) is 2.18. The first-order valence-electron chi connectivity index (χ1n) is 7.05. The highest BCUT2D eigenvalue weighted by molar-refractivity contribution is 5.92. The molecule has 0 aromatic heterocycles. The lowest BCUT2D eigenvalue weighted by molar-refractivity contribution is -0.117. The first kappa shape index (κ1) is 17.9. The molecule has 118 valence electrons. The molecule has 2 N–H and O–H groups in total. The highest BCUT2D eigenvalue weighted by atomic mass is 35.5. The van der Waals surface area contributed by atoms with E-state index in [0.717, 1.165) is 25.9 Å². The Hall–Kier alpha value is -1.17. The Kier molecular flexibility index (Phi) is 7.08. The molecule has 0 spiro atoms. The number of rotatable bonds is 5. The second-order valence-electron chi connectivity index (χ2n) is 5.34. The third-order valence-corrected chi connectivity index (χ3v) is 3.74. The Bertz CT molecular complexity index is 484. The number of nitrogens with one attached hydrogen (secondary N) is 2. The van der Waals surface area contributed by atoms with Crippen molar-refractivity contribution in [2.75, 3.05) is 32.0 Å². The number of likely N-dealkylation sites (tertiary alicyclic amines) is 1. The molecule has 1 amide bonds. The van der Waals surface area contributed by atoms with Crippen LogP contribution in [0.4, 0.5) is 10.1 Å². The Labute approximate surface area is 131 Å². The maximum absolute atomic E-state index is 13.4. The van der Waals surface area contributed by atoms with E-state index >= 15 is 0 Å². The van der Waals surface area contributed by atoms with Crippen LogP contribution in [-0.2, 0) is 4.79 Å². The van der Waals surface area contributed by atoms with Gasteiger partial charge in [-0.25, -0.2) is 4.39 Å². The number of aryl methyl sites for hydroxylation is 1. The summed E-state index contributed by atoms with van der Waals surface area (Å²) in [4.78, 5) is 14.2. The highest BCUT2D eigenvalue weighted by Gasteiger charge is 2.25. The molecule has 0 saturated carbocycles. The van der Waals surface area contributed by atoms with Crippen molar-refractivity contribution in [3.63, 3.8) is 0 Å². The lowest BCUT2D eigenvalue weighted by Gasteiger charge is -2.23. The minimum Gasteiger partial charge on any atom is -0.325 e. The number of benzene rings is 1. The van der Waals surface area contributed by atoms with Crippen molar-refractivity contribution >= 4 is 24.0 Å². The number of hydrogen-bond acceptors (Lipinski definition) is 3. The van der Waals surface area contributed by atoms with Gasteiger partial charge >= 0.3 is 0 Å². The van der Waals surface area contributed by atoms with Crippen LogP contribution >= 0.6 is 12.4 Å². The van der Waals surface area contributed by atoms with Gasteiger partial charge in [0.1, 0.15) is 5.82 Å². The largest absolute Gasteiger partial charge is 0.325 e. The zero-order valence-electron chi connectivity index (χ0n) is 12.5. The van der Waals surface area contributed by atoms with Crippen LogP contribution in [0, 0.1) is 12.7 Å². The van der Waals surface area contributed by atoms with Crippen LogP contribution in [0.2, 0.25) is 0 Å². The molecule has 1 unspecified atom stereocenters. The second-order valence-corrected chi connectivity index (χ2v) is 5.34. The van der Waals surface area contributed by atoms with E-state index in [2.05, 4.69) is 15.5 Å². The molecule has 0 radical (unpaired) electrons. The van der Waals surface area contributed by atoms with Crippen LogP contribution in [0.1, 0.15) is 18.4 Å². The van der Waals surface area contributed by atoms with Crippen molar-refractivity contribution in [1.82, 2.24) is 10.2 Å². The van der Waals surface area contributed by atoms with Crippen LogP contribution in [0.3, 0.4) is 0 Å². The lowest BCUT2D eigenvalue weighted by Crippen LogP contribution is -2.41. The summed E-state index contributed by atoms with van der Waals surface area (Å²) in [5.41, 5.74) is 1.10. The summed E-state index contributed by atoms with van der Waals surface area (Å²) in [5.74, 6) is -0.381. The zero-order chi connectivity index (χ0) is 14.5. The van der Waals surface area contributed by atoms with Gasteiger partial charge in [0, 0.05) is 18.3 Å². The molecule has 4 nitrogen and oxygen atoms in total. The number of carbonyl (C=O) groups excluding carboxylic acids is 1. The number of likely N-dealkylation sites (N-methyl/N-ethyl adjacent to an activating group) is 1. The van der Waals surface area contributed by atoms with Gasteiger partial charge in [-0.2, -0.15) is 0 Å². The number of carbonyl (C=O) groups is 1. The van der Waals surface area contributed by atoms with Crippen LogP contribution in [0.15, 0.2) is 18.2 Å². The molecule has 1 aliphatic heterocycles. The molecule has 1 aromatic carbocycles. The quantitative estimate of drug-likeness (QED) is 0.875. The fourth-order valence-corrected chi connectivity index (χ4v) is 2.63. The first-order valence-corrected chi connectivity index (χ1v) is 7.05. The third-order valence-electron chi connectivity index (χ3n) is 3.74. The third kappa shape index (κ3) is 4.95. The molecule has 0 aliphatic carbocycles. The Morgan fingerprint density at radius 2 is 2.24 bits per heavy atom. The summed E-state index contributed by atoms with van der Waals surface area (Å²) >= 11 is 0. The second kappa shape index (κ2) is 8.32. The molecule has 2 rings (SSSR count). The molecule has 6 heteroatoms. The summed E-state index contributed by atoms with van der Waals surface area (Å²) in [7, 11) is 1.92. The van der Waals surface area contributed by atoms with Gasteiger partial charge in [-0.1, -0.05) is 6.07 Å². The summed E-state index contributed by atoms with van der Waals surface area (Å²) in [6.45, 7) is 3.91. The SMILES string of the molecule is CNCC1CCCN1CC(=O)Nc1ccc(C)c(F)c1.Cl. The number of hydrogen-bond donors (Lipinski definition) is 2. The van der Waals surface area contributed by atoms with Crippen LogP contribution in [0.25, 0.3) is 0 Å². The Balaban J connectivity index is 0.00000220. The molecule has 21 heavy (non-hydrogen) atoms. The van der Waals surface area contributed by atoms with E-state index in [-0.39, 0.29) is 24.1 Å². The summed E-state index contributed by atoms with van der Waals surface area (Å²) in [6, 6.07) is 5.18. The molecule has 1 aromatic rings. The first-order chi connectivity index (χ1) is 9.60. The van der Waals surface area contributed by atoms with Gasteiger partial charge in [0.15, 0.2) is 0 Å². The molecular formula is C15H23ClFN3O. The average molecular weight is 316 g/mol. The predicted molar refractivity (Wildman–Crippen MR) is 85.5 cm³/mol. The summed E-state index contributed by atoms with van der Waals surface area (Å²) in [6.07, 6.45) is 2.24. The van der Waals surface area contributed by atoms with E-state index in [1.54, 1.807) is 19.1 Å². The summed E-state index contributed by atoms with van der Waals surface area (Å²) in [5, 5.41) is 5.91. The molecule has 1 aliphatic rings. The molecule has 0 bridgehead atoms. The normalized spacial score (nSPS) is 18.3. The van der Waals surface area contributed by atoms with E-state index in [0.29, 0.717) is 23.8 Å². The molecule has 1 heterocycles. The van der Waals surface area contributed by atoms with Crippen molar-refractivity contribution < 1.29 is 9.18 Å². The van der Waals surface area contributed by atoms with E-state index < -0.39 is 0 Å². The van der Waals surface area contributed by atoms with Crippen molar-refractivity contribution in [1.29, 1.82) is 0 Å². The zero-order valence-corrected chi connectivity index (χ0v) is 13.3. The maximum Gasteiger partial charge on any atom is 0.238 e. The highest BCUT2D eigenvalue weighted by Crippen LogP contribution is 2.17. The Morgan fingerprint density at radius 3 is 2.90 bits per heavy atom. The van der Waals surface area contributed by atoms with Gasteiger partial charge in [-0.15, -0.1) is 12.4 Å². The smallest absolute Gasteiger partial charge is 0.238 e. The van der Waals surface area contributed by atoms with Crippen molar-refractivity contribution in [2.45, 2.75) is 25.8 Å². The van der Waals surface area contributed by atoms with E-state index in [1.165, 1.54) is 6.07 Å². The van der Waals surface area contributed by atoms with E-state index in [4.69, 9.17) is 0 Å². The van der Waals surface area contributed by atoms with E-state index in [1.807, 2.05) is 7.05 Å². The van der Waals surface area contributed by atoms with Gasteiger partial charge < -0.3 is 10.6 Å². The van der Waals surface area contributed by atoms with Crippen molar-refractivity contribution in [3.8, 4) is 0 Å². The molecule has 1 fully saturated rings. The van der Waals surface area contributed by atoms with Crippen LogP contribution in [-0.4, -0.2) is 43.5 Å².